The summed E-state index contributed by atoms with van der Waals surface area (Å²) >= 11 is 0. The predicted octanol–water partition coefficient (Wildman–Crippen LogP) is 2.90. The Hall–Kier alpha value is -2.96. The molecule has 0 radical (unpaired) electrons. The molecule has 1 spiro atoms. The fourth-order valence-electron chi connectivity index (χ4n) is 4.04. The molecule has 2 fully saturated rings. The van der Waals surface area contributed by atoms with Crippen molar-refractivity contribution in [3.63, 3.8) is 0 Å². The smallest absolute Gasteiger partial charge is 0.410 e. The number of carbonyl (C=O) groups excluding carboxylic acids is 2. The number of benzene rings is 1. The molecule has 2 aliphatic heterocycles. The molecule has 2 aromatic rings. The molecule has 0 aliphatic carbocycles. The lowest BCUT2D eigenvalue weighted by Gasteiger charge is -2.25. The summed E-state index contributed by atoms with van der Waals surface area (Å²) in [5.41, 5.74) is 1.58. The molecular formula is C21H24N4O3. The van der Waals surface area contributed by atoms with E-state index < -0.39 is 5.60 Å². The van der Waals surface area contributed by atoms with E-state index in [9.17, 15) is 9.59 Å². The summed E-state index contributed by atoms with van der Waals surface area (Å²) in [6.45, 7) is 3.57. The standard InChI is InChI=1S/C21H24N4O3/c1-15-22-13-17(18(23-15)16-7-4-3-5-8-16)19(26)25-11-6-9-21(10-12-25)14-24(2)20(27)28-21/h3-5,7-8,13H,6,9-12,14H2,1-2H3/t21-/m0/s1. The largest absolute Gasteiger partial charge is 0.441 e. The van der Waals surface area contributed by atoms with E-state index in [1.165, 1.54) is 0 Å². The molecular weight excluding hydrogens is 356 g/mol. The molecule has 146 valence electrons. The molecule has 0 unspecified atom stereocenters. The van der Waals surface area contributed by atoms with Gasteiger partial charge in [-0.15, -0.1) is 0 Å². The maximum absolute atomic E-state index is 13.3. The van der Waals surface area contributed by atoms with Crippen LogP contribution in [0.5, 0.6) is 0 Å². The number of rotatable bonds is 2. The maximum Gasteiger partial charge on any atom is 0.410 e. The highest BCUT2D eigenvalue weighted by molar-refractivity contribution is 5.99. The minimum atomic E-state index is -0.479. The first-order chi connectivity index (χ1) is 13.5. The number of hydrogen-bond acceptors (Lipinski definition) is 5. The van der Waals surface area contributed by atoms with Crippen LogP contribution in [0.1, 0.15) is 35.4 Å². The maximum atomic E-state index is 13.3. The Balaban J connectivity index is 1.58. The second-order valence-corrected chi connectivity index (χ2v) is 7.60. The van der Waals surface area contributed by atoms with Crippen molar-refractivity contribution in [2.75, 3.05) is 26.7 Å². The SMILES string of the molecule is Cc1ncc(C(=O)N2CCC[C@]3(CC2)CN(C)C(=O)O3)c(-c2ccccc2)n1. The molecule has 7 nitrogen and oxygen atoms in total. The molecule has 1 atom stereocenters. The Bertz CT molecular complexity index is 902. The lowest BCUT2D eigenvalue weighted by atomic mass is 9.95. The van der Waals surface area contributed by atoms with Gasteiger partial charge in [-0.25, -0.2) is 14.8 Å². The summed E-state index contributed by atoms with van der Waals surface area (Å²) < 4.78 is 5.65. The van der Waals surface area contributed by atoms with Crippen LogP contribution in [0.4, 0.5) is 4.79 Å². The number of aromatic nitrogens is 2. The highest BCUT2D eigenvalue weighted by Gasteiger charge is 2.44. The summed E-state index contributed by atoms with van der Waals surface area (Å²) in [4.78, 5) is 37.4. The van der Waals surface area contributed by atoms with Gasteiger partial charge in [-0.3, -0.25) is 4.79 Å². The van der Waals surface area contributed by atoms with E-state index in [4.69, 9.17) is 4.74 Å². The molecule has 28 heavy (non-hydrogen) atoms. The highest BCUT2D eigenvalue weighted by atomic mass is 16.6. The summed E-state index contributed by atoms with van der Waals surface area (Å²) in [5.74, 6) is 0.555. The zero-order chi connectivity index (χ0) is 19.7. The minimum Gasteiger partial charge on any atom is -0.441 e. The number of nitrogens with zero attached hydrogens (tertiary/aromatic N) is 4. The number of amides is 2. The fraction of sp³-hybridized carbons (Fsp3) is 0.429. The van der Waals surface area contributed by atoms with Crippen LogP contribution in [-0.4, -0.2) is 64.1 Å². The van der Waals surface area contributed by atoms with Crippen molar-refractivity contribution in [1.82, 2.24) is 19.8 Å². The summed E-state index contributed by atoms with van der Waals surface area (Å²) in [7, 11) is 1.75. The molecule has 0 saturated carbocycles. The van der Waals surface area contributed by atoms with Crippen molar-refractivity contribution < 1.29 is 14.3 Å². The van der Waals surface area contributed by atoms with Crippen molar-refractivity contribution in [3.05, 3.63) is 47.9 Å². The van der Waals surface area contributed by atoms with Crippen molar-refractivity contribution in [2.24, 2.45) is 0 Å². The van der Waals surface area contributed by atoms with Gasteiger partial charge < -0.3 is 14.5 Å². The van der Waals surface area contributed by atoms with Gasteiger partial charge in [0.1, 0.15) is 11.4 Å². The van der Waals surface area contributed by atoms with E-state index in [0.717, 1.165) is 18.4 Å². The van der Waals surface area contributed by atoms with E-state index in [1.807, 2.05) is 42.2 Å². The first-order valence-corrected chi connectivity index (χ1v) is 9.60. The number of carbonyl (C=O) groups is 2. The van der Waals surface area contributed by atoms with Gasteiger partial charge in [-0.05, 0) is 19.8 Å². The van der Waals surface area contributed by atoms with E-state index in [0.29, 0.717) is 43.1 Å². The molecule has 0 N–H and O–H groups in total. The molecule has 1 aromatic carbocycles. The number of ether oxygens (including phenoxy) is 1. The summed E-state index contributed by atoms with van der Waals surface area (Å²) in [6, 6.07) is 9.70. The zero-order valence-corrected chi connectivity index (χ0v) is 16.2. The van der Waals surface area contributed by atoms with Crippen LogP contribution in [0.15, 0.2) is 36.5 Å². The van der Waals surface area contributed by atoms with Gasteiger partial charge in [0.05, 0.1) is 17.8 Å². The molecule has 2 saturated heterocycles. The van der Waals surface area contributed by atoms with Gasteiger partial charge in [0.2, 0.25) is 0 Å². The van der Waals surface area contributed by atoms with Crippen molar-refractivity contribution >= 4 is 12.0 Å². The van der Waals surface area contributed by atoms with Gasteiger partial charge in [-0.2, -0.15) is 0 Å². The normalized spacial score (nSPS) is 22.3. The van der Waals surface area contributed by atoms with Crippen molar-refractivity contribution in [1.29, 1.82) is 0 Å². The molecule has 3 heterocycles. The van der Waals surface area contributed by atoms with Crippen LogP contribution in [0.3, 0.4) is 0 Å². The van der Waals surface area contributed by atoms with Crippen LogP contribution in [0, 0.1) is 6.92 Å². The van der Waals surface area contributed by atoms with Crippen LogP contribution in [0.25, 0.3) is 11.3 Å². The number of hydrogen-bond donors (Lipinski definition) is 0. The molecule has 2 aliphatic rings. The molecule has 7 heteroatoms. The lowest BCUT2D eigenvalue weighted by molar-refractivity contribution is 0.0438. The van der Waals surface area contributed by atoms with E-state index in [1.54, 1.807) is 18.1 Å². The Morgan fingerprint density at radius 1 is 1.18 bits per heavy atom. The van der Waals surface area contributed by atoms with Gasteiger partial charge in [-0.1, -0.05) is 30.3 Å². The van der Waals surface area contributed by atoms with E-state index >= 15 is 0 Å². The van der Waals surface area contributed by atoms with Gasteiger partial charge in [0.15, 0.2) is 0 Å². The Labute approximate surface area is 164 Å². The first-order valence-electron chi connectivity index (χ1n) is 9.60. The van der Waals surface area contributed by atoms with Crippen LogP contribution in [-0.2, 0) is 4.74 Å². The van der Waals surface area contributed by atoms with Gasteiger partial charge in [0.25, 0.3) is 5.91 Å². The van der Waals surface area contributed by atoms with Crippen LogP contribution in [0.2, 0.25) is 0 Å². The lowest BCUT2D eigenvalue weighted by Crippen LogP contribution is -2.37. The van der Waals surface area contributed by atoms with Crippen LogP contribution < -0.4 is 0 Å². The van der Waals surface area contributed by atoms with E-state index in [-0.39, 0.29) is 12.0 Å². The minimum absolute atomic E-state index is 0.0754. The third-order valence-electron chi connectivity index (χ3n) is 5.51. The number of likely N-dealkylation sites (N-methyl/N-ethyl adjacent to an activating group) is 1. The zero-order valence-electron chi connectivity index (χ0n) is 16.2. The topological polar surface area (TPSA) is 75.6 Å². The number of likely N-dealkylation sites (tertiary alicyclic amines) is 1. The van der Waals surface area contributed by atoms with Crippen LogP contribution >= 0.6 is 0 Å². The molecule has 0 bridgehead atoms. The molecule has 4 rings (SSSR count). The third kappa shape index (κ3) is 3.44. The van der Waals surface area contributed by atoms with E-state index in [2.05, 4.69) is 9.97 Å². The highest BCUT2D eigenvalue weighted by Crippen LogP contribution is 2.33. The Kier molecular flexibility index (Phi) is 4.75. The Morgan fingerprint density at radius 3 is 2.68 bits per heavy atom. The quantitative estimate of drug-likeness (QED) is 0.801. The second-order valence-electron chi connectivity index (χ2n) is 7.60. The predicted molar refractivity (Wildman–Crippen MR) is 104 cm³/mol. The van der Waals surface area contributed by atoms with Gasteiger partial charge in [0, 0.05) is 38.3 Å². The fourth-order valence-corrected chi connectivity index (χ4v) is 4.04. The second kappa shape index (κ2) is 7.22. The summed E-state index contributed by atoms with van der Waals surface area (Å²) in [6.07, 6.45) is 3.54. The first kappa shape index (κ1) is 18.4. The molecule has 2 amide bonds. The molecule has 1 aromatic heterocycles. The van der Waals surface area contributed by atoms with Crippen molar-refractivity contribution in [3.8, 4) is 11.3 Å². The average molecular weight is 380 g/mol. The Morgan fingerprint density at radius 2 is 1.96 bits per heavy atom. The summed E-state index contributed by atoms with van der Waals surface area (Å²) in [5, 5.41) is 0. The average Bonchev–Trinajstić information content (AvgIpc) is 2.85. The third-order valence-corrected chi connectivity index (χ3v) is 5.51. The number of aryl methyl sites for hydroxylation is 1. The van der Waals surface area contributed by atoms with Crippen molar-refractivity contribution in [2.45, 2.75) is 31.8 Å². The van der Waals surface area contributed by atoms with Gasteiger partial charge >= 0.3 is 6.09 Å². The monoisotopic (exact) mass is 380 g/mol.